The standard InChI is InChI=1S/C15H13FN2O2/c1-17-12-6-5-10(16)9-11(12)13(14(17)15(19)20-2)18-7-3-4-8-18/h3-9H,1-2H3. The minimum atomic E-state index is -0.451. The number of halogens is 1. The highest BCUT2D eigenvalue weighted by Crippen LogP contribution is 2.30. The number of ether oxygens (including phenoxy) is 1. The van der Waals surface area contributed by atoms with E-state index in [2.05, 4.69) is 0 Å². The van der Waals surface area contributed by atoms with Crippen LogP contribution in [0.3, 0.4) is 0 Å². The van der Waals surface area contributed by atoms with Gasteiger partial charge in [0, 0.05) is 24.8 Å². The second-order valence-corrected chi connectivity index (χ2v) is 4.50. The van der Waals surface area contributed by atoms with Gasteiger partial charge in [-0.25, -0.2) is 9.18 Å². The summed E-state index contributed by atoms with van der Waals surface area (Å²) in [6, 6.07) is 8.16. The quantitative estimate of drug-likeness (QED) is 0.672. The van der Waals surface area contributed by atoms with Gasteiger partial charge in [-0.05, 0) is 30.3 Å². The van der Waals surface area contributed by atoms with Crippen LogP contribution in [0.5, 0.6) is 0 Å². The van der Waals surface area contributed by atoms with Crippen LogP contribution in [-0.4, -0.2) is 22.2 Å². The van der Waals surface area contributed by atoms with Crippen molar-refractivity contribution < 1.29 is 13.9 Å². The lowest BCUT2D eigenvalue weighted by molar-refractivity contribution is 0.0590. The average Bonchev–Trinajstić information content (AvgIpc) is 3.04. The summed E-state index contributed by atoms with van der Waals surface area (Å²) in [5.74, 6) is -0.791. The second kappa shape index (κ2) is 4.52. The van der Waals surface area contributed by atoms with Crippen LogP contribution in [0.1, 0.15) is 10.5 Å². The molecular formula is C15H13FN2O2. The minimum Gasteiger partial charge on any atom is -0.464 e. The first-order valence-corrected chi connectivity index (χ1v) is 6.13. The molecule has 2 aromatic heterocycles. The van der Waals surface area contributed by atoms with Crippen molar-refractivity contribution >= 4 is 16.9 Å². The molecule has 0 bridgehead atoms. The van der Waals surface area contributed by atoms with Crippen molar-refractivity contribution in [3.63, 3.8) is 0 Å². The fraction of sp³-hybridized carbons (Fsp3) is 0.133. The summed E-state index contributed by atoms with van der Waals surface area (Å²) in [5, 5.41) is 0.670. The van der Waals surface area contributed by atoms with Gasteiger partial charge < -0.3 is 13.9 Å². The second-order valence-electron chi connectivity index (χ2n) is 4.50. The minimum absolute atomic E-state index is 0.340. The van der Waals surface area contributed by atoms with Crippen LogP contribution >= 0.6 is 0 Å². The van der Waals surface area contributed by atoms with E-state index in [-0.39, 0.29) is 5.82 Å². The van der Waals surface area contributed by atoms with Gasteiger partial charge in [0.15, 0.2) is 5.69 Å². The smallest absolute Gasteiger partial charge is 0.356 e. The first kappa shape index (κ1) is 12.5. The zero-order valence-corrected chi connectivity index (χ0v) is 11.1. The molecule has 0 fully saturated rings. The summed E-state index contributed by atoms with van der Waals surface area (Å²) in [4.78, 5) is 12.1. The Bertz CT molecular complexity index is 788. The maximum absolute atomic E-state index is 13.5. The van der Waals surface area contributed by atoms with E-state index in [9.17, 15) is 9.18 Å². The molecule has 0 N–H and O–H groups in total. The highest BCUT2D eigenvalue weighted by molar-refractivity contribution is 6.03. The number of nitrogens with zero attached hydrogens (tertiary/aromatic N) is 2. The van der Waals surface area contributed by atoms with Gasteiger partial charge >= 0.3 is 5.97 Å². The van der Waals surface area contributed by atoms with Crippen LogP contribution < -0.4 is 0 Å². The van der Waals surface area contributed by atoms with Gasteiger partial charge in [0.05, 0.1) is 18.3 Å². The first-order chi connectivity index (χ1) is 9.63. The molecule has 3 aromatic rings. The number of hydrogen-bond acceptors (Lipinski definition) is 2. The van der Waals surface area contributed by atoms with Crippen LogP contribution in [0, 0.1) is 5.82 Å². The van der Waals surface area contributed by atoms with Gasteiger partial charge in [-0.2, -0.15) is 0 Å². The summed E-state index contributed by atoms with van der Waals surface area (Å²) in [6.07, 6.45) is 3.62. The van der Waals surface area contributed by atoms with E-state index >= 15 is 0 Å². The summed E-state index contributed by atoms with van der Waals surface area (Å²) in [5.41, 5.74) is 1.79. The average molecular weight is 272 g/mol. The van der Waals surface area contributed by atoms with Crippen LogP contribution in [0.4, 0.5) is 4.39 Å². The molecule has 0 saturated carbocycles. The SMILES string of the molecule is COC(=O)c1c(-n2cccc2)c2cc(F)ccc2n1C. The van der Waals surface area contributed by atoms with Crippen molar-refractivity contribution in [1.82, 2.24) is 9.13 Å². The third kappa shape index (κ3) is 1.71. The molecule has 20 heavy (non-hydrogen) atoms. The third-order valence-corrected chi connectivity index (χ3v) is 3.38. The Morgan fingerprint density at radius 2 is 1.95 bits per heavy atom. The third-order valence-electron chi connectivity index (χ3n) is 3.38. The van der Waals surface area contributed by atoms with Crippen molar-refractivity contribution in [2.45, 2.75) is 0 Å². The topological polar surface area (TPSA) is 36.2 Å². The van der Waals surface area contributed by atoms with Crippen molar-refractivity contribution in [2.24, 2.45) is 7.05 Å². The highest BCUT2D eigenvalue weighted by atomic mass is 19.1. The van der Waals surface area contributed by atoms with Gasteiger partial charge in [-0.15, -0.1) is 0 Å². The monoisotopic (exact) mass is 272 g/mol. The molecule has 0 aliphatic heterocycles. The lowest BCUT2D eigenvalue weighted by Gasteiger charge is -2.06. The lowest BCUT2D eigenvalue weighted by Crippen LogP contribution is -2.10. The molecule has 0 unspecified atom stereocenters. The number of carbonyl (C=O) groups excluding carboxylic acids is 1. The molecule has 4 nitrogen and oxygen atoms in total. The molecular weight excluding hydrogens is 259 g/mol. The normalized spacial score (nSPS) is 10.9. The van der Waals surface area contributed by atoms with Gasteiger partial charge in [-0.1, -0.05) is 0 Å². The van der Waals surface area contributed by atoms with E-state index in [1.807, 2.05) is 24.5 Å². The molecule has 102 valence electrons. The molecule has 0 aliphatic carbocycles. The van der Waals surface area contributed by atoms with Gasteiger partial charge in [0.1, 0.15) is 5.82 Å². The summed E-state index contributed by atoms with van der Waals surface area (Å²) in [7, 11) is 3.10. The summed E-state index contributed by atoms with van der Waals surface area (Å²) < 4.78 is 21.9. The number of fused-ring (bicyclic) bond motifs is 1. The molecule has 3 rings (SSSR count). The summed E-state index contributed by atoms with van der Waals surface area (Å²) in [6.45, 7) is 0. The number of aromatic nitrogens is 2. The number of hydrogen-bond donors (Lipinski definition) is 0. The van der Waals surface area contributed by atoms with E-state index in [1.165, 1.54) is 19.2 Å². The Morgan fingerprint density at radius 1 is 1.25 bits per heavy atom. The zero-order valence-electron chi connectivity index (χ0n) is 11.1. The number of aryl methyl sites for hydroxylation is 1. The molecule has 0 saturated heterocycles. The van der Waals surface area contributed by atoms with Crippen molar-refractivity contribution in [3.8, 4) is 5.69 Å². The Labute approximate surface area is 115 Å². The lowest BCUT2D eigenvalue weighted by atomic mass is 10.2. The van der Waals surface area contributed by atoms with Crippen LogP contribution in [-0.2, 0) is 11.8 Å². The fourth-order valence-electron chi connectivity index (χ4n) is 2.47. The zero-order chi connectivity index (χ0) is 14.3. The molecule has 0 atom stereocenters. The highest BCUT2D eigenvalue weighted by Gasteiger charge is 2.22. The predicted molar refractivity (Wildman–Crippen MR) is 73.5 cm³/mol. The Balaban J connectivity index is 2.44. The van der Waals surface area contributed by atoms with Gasteiger partial charge in [0.25, 0.3) is 0 Å². The molecule has 1 aromatic carbocycles. The van der Waals surface area contributed by atoms with Crippen LogP contribution in [0.2, 0.25) is 0 Å². The predicted octanol–water partition coefficient (Wildman–Crippen LogP) is 2.89. The molecule has 2 heterocycles. The Kier molecular flexibility index (Phi) is 2.82. The first-order valence-electron chi connectivity index (χ1n) is 6.13. The Morgan fingerprint density at radius 3 is 2.60 bits per heavy atom. The van der Waals surface area contributed by atoms with E-state index in [0.717, 1.165) is 5.52 Å². The maximum atomic E-state index is 13.5. The van der Waals surface area contributed by atoms with E-state index in [1.54, 1.807) is 22.2 Å². The van der Waals surface area contributed by atoms with Crippen molar-refractivity contribution in [1.29, 1.82) is 0 Å². The van der Waals surface area contributed by atoms with Gasteiger partial charge in [-0.3, -0.25) is 0 Å². The number of benzene rings is 1. The fourth-order valence-corrected chi connectivity index (χ4v) is 2.47. The van der Waals surface area contributed by atoms with Crippen LogP contribution in [0.15, 0.2) is 42.7 Å². The molecule has 0 spiro atoms. The van der Waals surface area contributed by atoms with E-state index < -0.39 is 5.97 Å². The van der Waals surface area contributed by atoms with Gasteiger partial charge in [0.2, 0.25) is 0 Å². The number of rotatable bonds is 2. The van der Waals surface area contributed by atoms with E-state index in [4.69, 9.17) is 4.74 Å². The van der Waals surface area contributed by atoms with Crippen LogP contribution in [0.25, 0.3) is 16.6 Å². The maximum Gasteiger partial charge on any atom is 0.356 e. The number of carbonyl (C=O) groups is 1. The molecule has 5 heteroatoms. The Hall–Kier alpha value is -2.56. The number of methoxy groups -OCH3 is 1. The van der Waals surface area contributed by atoms with Crippen molar-refractivity contribution in [2.75, 3.05) is 7.11 Å². The van der Waals surface area contributed by atoms with Crippen molar-refractivity contribution in [3.05, 3.63) is 54.2 Å². The molecule has 0 amide bonds. The largest absolute Gasteiger partial charge is 0.464 e. The number of esters is 1. The van der Waals surface area contributed by atoms with E-state index in [0.29, 0.717) is 16.8 Å². The summed E-state index contributed by atoms with van der Waals surface area (Å²) >= 11 is 0. The molecule has 0 aliphatic rings. The molecule has 0 radical (unpaired) electrons.